The first-order valence-corrected chi connectivity index (χ1v) is 15.2. The van der Waals surface area contributed by atoms with Gasteiger partial charge in [-0.1, -0.05) is 22.0 Å². The zero-order valence-electron chi connectivity index (χ0n) is 21.9. The minimum atomic E-state index is -2.89. The van der Waals surface area contributed by atoms with Crippen LogP contribution in [0.2, 0.25) is 0 Å². The number of esters is 1. The molecule has 1 saturated heterocycles. The molecule has 2 aromatic rings. The van der Waals surface area contributed by atoms with E-state index in [0.717, 1.165) is 13.4 Å². The average molecular weight is 664 g/mol. The number of carbonyl (C=O) groups is 2. The minimum Gasteiger partial charge on any atom is -0.463 e. The molecule has 40 heavy (non-hydrogen) atoms. The second-order valence-electron chi connectivity index (χ2n) is 8.78. The Morgan fingerprint density at radius 3 is 2.83 bits per heavy atom. The lowest BCUT2D eigenvalue weighted by Gasteiger charge is -2.40. The van der Waals surface area contributed by atoms with Crippen molar-refractivity contribution in [3.63, 3.8) is 0 Å². The third-order valence-electron chi connectivity index (χ3n) is 6.16. The third-order valence-corrected chi connectivity index (χ3v) is 8.62. The molecule has 1 aromatic carbocycles. The van der Waals surface area contributed by atoms with Crippen LogP contribution in [0.25, 0.3) is 0 Å². The van der Waals surface area contributed by atoms with E-state index in [1.807, 2.05) is 0 Å². The number of nitrogens with zero attached hydrogens (tertiary/aromatic N) is 3. The number of halogens is 4. The molecule has 1 fully saturated rings. The highest BCUT2D eigenvalue weighted by atomic mass is 79.9. The Balaban J connectivity index is 0.00000216. The highest BCUT2D eigenvalue weighted by Crippen LogP contribution is 2.38. The maximum atomic E-state index is 14.6. The standard InChI is InChI=1S/C25H26BrF3N4O3S2.CH4O/c1-2-36-24(35)20-19(12-33-14-25(28,29)6-5-16(33)13-37-10-8-34)31-22(23-30-7-9-38-23)32-21(20)17-4-3-15(27)11-18(17)26;1-2/h3-4,7-9,11,16,21H,2,5-6,10,12-14H2,1H3,(H,31,32);2H,1H3/t16?,21-;/m0./s1. The summed E-state index contributed by atoms with van der Waals surface area (Å²) in [6.07, 6.45) is 2.41. The highest BCUT2D eigenvalue weighted by Gasteiger charge is 2.42. The van der Waals surface area contributed by atoms with E-state index in [9.17, 15) is 22.8 Å². The number of nitrogens with one attached hydrogen (secondary N) is 1. The monoisotopic (exact) mass is 662 g/mol. The van der Waals surface area contributed by atoms with Crippen molar-refractivity contribution < 1.29 is 32.6 Å². The van der Waals surface area contributed by atoms with Crippen LogP contribution >= 0.6 is 39.0 Å². The summed E-state index contributed by atoms with van der Waals surface area (Å²) in [5.74, 6) is -2.86. The number of benzene rings is 1. The van der Waals surface area contributed by atoms with Gasteiger partial charge >= 0.3 is 5.97 Å². The smallest absolute Gasteiger partial charge is 0.338 e. The molecule has 1 unspecified atom stereocenters. The topological polar surface area (TPSA) is 104 Å². The van der Waals surface area contributed by atoms with Gasteiger partial charge in [-0.15, -0.1) is 11.3 Å². The van der Waals surface area contributed by atoms with Crippen LogP contribution in [0.3, 0.4) is 0 Å². The van der Waals surface area contributed by atoms with Crippen molar-refractivity contribution in [1.82, 2.24) is 15.2 Å². The quantitative estimate of drug-likeness (QED) is 0.216. The van der Waals surface area contributed by atoms with Gasteiger partial charge in [0, 0.05) is 59.4 Å². The number of aliphatic hydroxyl groups is 1. The molecule has 8 nitrogen and oxygen atoms in total. The SMILES string of the molecule is CCOC(=O)C1=C(CN2CC(F)(F)CCC2CSCC=O)NC(c2nccs2)=N[C@H]1c1ccc(F)cc1Br.CO. The fraction of sp³-hybridized carbons (Fsp3) is 0.462. The van der Waals surface area contributed by atoms with Gasteiger partial charge in [-0.3, -0.25) is 9.89 Å². The fourth-order valence-electron chi connectivity index (χ4n) is 4.46. The summed E-state index contributed by atoms with van der Waals surface area (Å²) in [5.41, 5.74) is 1.05. The number of thioether (sulfide) groups is 1. The number of hydrogen-bond acceptors (Lipinski definition) is 10. The molecule has 4 rings (SSSR count). The molecule has 0 radical (unpaired) electrons. The normalized spacial score (nSPS) is 20.6. The van der Waals surface area contributed by atoms with Crippen LogP contribution in [-0.2, 0) is 14.3 Å². The molecule has 218 valence electrons. The number of ether oxygens (including phenoxy) is 1. The molecule has 0 amide bonds. The molecule has 1 aromatic heterocycles. The number of aromatic nitrogens is 1. The van der Waals surface area contributed by atoms with E-state index in [1.54, 1.807) is 23.4 Å². The Labute approximate surface area is 247 Å². The van der Waals surface area contributed by atoms with Gasteiger partial charge in [0.1, 0.15) is 18.1 Å². The van der Waals surface area contributed by atoms with Crippen LogP contribution in [0.15, 0.2) is 50.5 Å². The number of thiazole rings is 1. The first kappa shape index (κ1) is 32.3. The number of rotatable bonds is 10. The van der Waals surface area contributed by atoms with E-state index in [4.69, 9.17) is 14.8 Å². The lowest BCUT2D eigenvalue weighted by molar-refractivity contribution is -0.139. The average Bonchev–Trinajstić information content (AvgIpc) is 3.46. The second-order valence-corrected chi connectivity index (χ2v) is 11.6. The van der Waals surface area contributed by atoms with Crippen molar-refractivity contribution >= 4 is 57.1 Å². The number of aliphatic imine (C=N–C) groups is 1. The predicted octanol–water partition coefficient (Wildman–Crippen LogP) is 4.59. The molecule has 0 aliphatic carbocycles. The van der Waals surface area contributed by atoms with E-state index >= 15 is 0 Å². The van der Waals surface area contributed by atoms with Gasteiger partial charge in [0.2, 0.25) is 0 Å². The van der Waals surface area contributed by atoms with Crippen LogP contribution in [0.1, 0.15) is 36.4 Å². The Morgan fingerprint density at radius 1 is 1.40 bits per heavy atom. The number of likely N-dealkylation sites (tertiary alicyclic amines) is 1. The molecule has 2 aliphatic heterocycles. The lowest BCUT2D eigenvalue weighted by atomic mass is 9.94. The summed E-state index contributed by atoms with van der Waals surface area (Å²) in [4.78, 5) is 34.9. The van der Waals surface area contributed by atoms with E-state index in [2.05, 4.69) is 26.2 Å². The van der Waals surface area contributed by atoms with Crippen molar-refractivity contribution in [2.75, 3.05) is 38.3 Å². The number of alkyl halides is 2. The number of carbonyl (C=O) groups excluding carboxylic acids is 2. The number of piperidine rings is 1. The van der Waals surface area contributed by atoms with Gasteiger partial charge in [-0.05, 0) is 31.0 Å². The van der Waals surface area contributed by atoms with Crippen molar-refractivity contribution in [1.29, 1.82) is 0 Å². The zero-order chi connectivity index (χ0) is 29.3. The summed E-state index contributed by atoms with van der Waals surface area (Å²) in [7, 11) is 1.00. The van der Waals surface area contributed by atoms with Gasteiger partial charge < -0.3 is 20.0 Å². The van der Waals surface area contributed by atoms with Crippen LogP contribution in [0.5, 0.6) is 0 Å². The number of aliphatic hydroxyl groups excluding tert-OH is 1. The minimum absolute atomic E-state index is 0.00420. The van der Waals surface area contributed by atoms with Crippen molar-refractivity contribution in [2.24, 2.45) is 4.99 Å². The van der Waals surface area contributed by atoms with E-state index in [1.165, 1.54) is 41.3 Å². The number of amidine groups is 1. The van der Waals surface area contributed by atoms with E-state index in [0.29, 0.717) is 32.3 Å². The maximum Gasteiger partial charge on any atom is 0.338 e. The fourth-order valence-corrected chi connectivity index (χ4v) is 6.50. The first-order chi connectivity index (χ1) is 19.2. The molecule has 14 heteroatoms. The third kappa shape index (κ3) is 8.15. The molecular weight excluding hydrogens is 633 g/mol. The van der Waals surface area contributed by atoms with Crippen LogP contribution in [-0.4, -0.2) is 83.4 Å². The Kier molecular flexibility index (Phi) is 12.2. The molecule has 2 atom stereocenters. The zero-order valence-corrected chi connectivity index (χ0v) is 25.1. The largest absolute Gasteiger partial charge is 0.463 e. The van der Waals surface area contributed by atoms with Gasteiger partial charge in [0.25, 0.3) is 5.92 Å². The summed E-state index contributed by atoms with van der Waals surface area (Å²) in [5, 5.41) is 12.5. The Hall–Kier alpha value is -2.26. The molecule has 2 N–H and O–H groups in total. The van der Waals surface area contributed by atoms with Crippen LogP contribution < -0.4 is 5.32 Å². The lowest BCUT2D eigenvalue weighted by Crippen LogP contribution is -2.52. The predicted molar refractivity (Wildman–Crippen MR) is 153 cm³/mol. The molecule has 0 saturated carbocycles. The van der Waals surface area contributed by atoms with Crippen molar-refractivity contribution in [2.45, 2.75) is 37.8 Å². The van der Waals surface area contributed by atoms with Crippen LogP contribution in [0.4, 0.5) is 13.2 Å². The molecule has 2 aliphatic rings. The van der Waals surface area contributed by atoms with Gasteiger partial charge in [0.05, 0.1) is 18.7 Å². The molecule has 3 heterocycles. The first-order valence-electron chi connectivity index (χ1n) is 12.4. The Morgan fingerprint density at radius 2 is 2.17 bits per heavy atom. The summed E-state index contributed by atoms with van der Waals surface area (Å²) >= 11 is 6.10. The number of aldehydes is 1. The van der Waals surface area contributed by atoms with E-state index in [-0.39, 0.29) is 43.4 Å². The highest BCUT2D eigenvalue weighted by molar-refractivity contribution is 9.10. The van der Waals surface area contributed by atoms with Crippen molar-refractivity contribution in [3.05, 3.63) is 61.9 Å². The number of hydrogen-bond donors (Lipinski definition) is 2. The van der Waals surface area contributed by atoms with Gasteiger partial charge in [-0.25, -0.2) is 22.9 Å². The summed E-state index contributed by atoms with van der Waals surface area (Å²) < 4.78 is 48.8. The molecule has 0 bridgehead atoms. The van der Waals surface area contributed by atoms with Gasteiger partial charge in [-0.2, -0.15) is 11.8 Å². The molecule has 0 spiro atoms. The van der Waals surface area contributed by atoms with Gasteiger partial charge in [0.15, 0.2) is 10.8 Å². The second kappa shape index (κ2) is 15.1. The summed E-state index contributed by atoms with van der Waals surface area (Å²) in [6.45, 7) is 1.28. The maximum absolute atomic E-state index is 14.6. The van der Waals surface area contributed by atoms with Crippen molar-refractivity contribution in [3.8, 4) is 0 Å². The van der Waals surface area contributed by atoms with E-state index < -0.39 is 30.3 Å². The molecular formula is C26H30BrF3N4O4S2. The Bertz CT molecular complexity index is 1230. The van der Waals surface area contributed by atoms with Crippen LogP contribution in [0, 0.1) is 5.82 Å². The summed E-state index contributed by atoms with van der Waals surface area (Å²) in [6, 6.07) is 2.96.